The third-order valence-corrected chi connectivity index (χ3v) is 3.05. The molecule has 1 N–H and O–H groups in total. The van der Waals surface area contributed by atoms with E-state index in [1.165, 1.54) is 6.92 Å². The number of carboxylic acids is 1. The van der Waals surface area contributed by atoms with Crippen LogP contribution in [0.25, 0.3) is 0 Å². The molecule has 2 aliphatic heterocycles. The first-order valence-electron chi connectivity index (χ1n) is 4.69. The number of Topliss-reactive ketones (excluding diaryl/α,β-unsaturated/α-hetero) is 1. The Morgan fingerprint density at radius 2 is 2.20 bits per heavy atom. The maximum absolute atomic E-state index is 11.5. The van der Waals surface area contributed by atoms with Crippen LogP contribution in [0.15, 0.2) is 0 Å². The van der Waals surface area contributed by atoms with Crippen LogP contribution in [0.3, 0.4) is 0 Å². The van der Waals surface area contributed by atoms with Gasteiger partial charge in [-0.2, -0.15) is 0 Å². The van der Waals surface area contributed by atoms with Gasteiger partial charge in [0.1, 0.15) is 6.04 Å². The van der Waals surface area contributed by atoms with Crippen LogP contribution in [0, 0.1) is 5.92 Å². The van der Waals surface area contributed by atoms with Crippen LogP contribution in [0.2, 0.25) is 0 Å². The second-order valence-electron chi connectivity index (χ2n) is 3.97. The molecular weight excluding hydrogens is 202 g/mol. The van der Waals surface area contributed by atoms with E-state index in [1.54, 1.807) is 0 Å². The van der Waals surface area contributed by atoms with Crippen molar-refractivity contribution in [2.75, 3.05) is 0 Å². The number of ketones is 1. The molecule has 2 heterocycles. The molecule has 1 amide bonds. The minimum Gasteiger partial charge on any atom is -0.547 e. The summed E-state index contributed by atoms with van der Waals surface area (Å²) >= 11 is 0. The number of β-lactam (4-membered cyclic amide) rings is 1. The minimum absolute atomic E-state index is 0.0000463. The second-order valence-corrected chi connectivity index (χ2v) is 3.97. The van der Waals surface area contributed by atoms with Crippen molar-refractivity contribution in [2.45, 2.75) is 31.5 Å². The number of carboxylic acid groups (broad SMARTS) is 1. The number of hydrogen-bond acceptors (Lipinski definition) is 5. The topological polar surface area (TPSA) is 97.7 Å². The van der Waals surface area contributed by atoms with E-state index >= 15 is 0 Å². The molecule has 6 nitrogen and oxygen atoms in total. The molecule has 2 rings (SSSR count). The highest BCUT2D eigenvalue weighted by atomic mass is 16.4. The number of hydrogen-bond donors (Lipinski definition) is 1. The van der Waals surface area contributed by atoms with Crippen molar-refractivity contribution in [1.82, 2.24) is 4.90 Å². The molecule has 2 fully saturated rings. The number of rotatable bonds is 2. The van der Waals surface area contributed by atoms with E-state index in [9.17, 15) is 24.6 Å². The molecule has 0 saturated carbocycles. The van der Waals surface area contributed by atoms with Gasteiger partial charge >= 0.3 is 0 Å². The summed E-state index contributed by atoms with van der Waals surface area (Å²) in [5.41, 5.74) is 0. The smallest absolute Gasteiger partial charge is 0.231 e. The van der Waals surface area contributed by atoms with Crippen molar-refractivity contribution >= 4 is 17.7 Å². The number of amides is 1. The Hall–Kier alpha value is -1.43. The molecule has 82 valence electrons. The highest BCUT2D eigenvalue weighted by Crippen LogP contribution is 2.39. The summed E-state index contributed by atoms with van der Waals surface area (Å²) in [6.45, 7) is 1.46. The summed E-state index contributed by atoms with van der Waals surface area (Å²) in [6, 6.07) is -1.91. The second kappa shape index (κ2) is 3.03. The van der Waals surface area contributed by atoms with Crippen LogP contribution >= 0.6 is 0 Å². The van der Waals surface area contributed by atoms with Gasteiger partial charge in [-0.3, -0.25) is 9.59 Å². The van der Waals surface area contributed by atoms with Crippen molar-refractivity contribution < 1.29 is 24.6 Å². The van der Waals surface area contributed by atoms with Crippen LogP contribution in [-0.4, -0.2) is 45.9 Å². The van der Waals surface area contributed by atoms with Crippen LogP contribution in [0.5, 0.6) is 0 Å². The van der Waals surface area contributed by atoms with Gasteiger partial charge in [-0.1, -0.05) is 0 Å². The first kappa shape index (κ1) is 10.1. The average Bonchev–Trinajstić information content (AvgIpc) is 2.38. The maximum Gasteiger partial charge on any atom is 0.231 e. The molecule has 0 radical (unpaired) electrons. The summed E-state index contributed by atoms with van der Waals surface area (Å²) in [6.07, 6.45) is -0.855. The van der Waals surface area contributed by atoms with Gasteiger partial charge in [0, 0.05) is 6.42 Å². The monoisotopic (exact) mass is 212 g/mol. The van der Waals surface area contributed by atoms with Crippen LogP contribution in [0.4, 0.5) is 0 Å². The van der Waals surface area contributed by atoms with Gasteiger partial charge < -0.3 is 19.9 Å². The largest absolute Gasteiger partial charge is 0.547 e. The highest BCUT2D eigenvalue weighted by Gasteiger charge is 2.59. The van der Waals surface area contributed by atoms with E-state index in [4.69, 9.17) is 0 Å². The average molecular weight is 212 g/mol. The van der Waals surface area contributed by atoms with Gasteiger partial charge in [-0.05, 0) is 6.92 Å². The van der Waals surface area contributed by atoms with E-state index in [-0.39, 0.29) is 6.42 Å². The van der Waals surface area contributed by atoms with Crippen LogP contribution in [-0.2, 0) is 14.4 Å². The molecule has 6 heteroatoms. The molecule has 0 aromatic carbocycles. The van der Waals surface area contributed by atoms with Gasteiger partial charge in [-0.25, -0.2) is 0 Å². The first-order valence-corrected chi connectivity index (χ1v) is 4.69. The van der Waals surface area contributed by atoms with E-state index in [0.29, 0.717) is 0 Å². The standard InChI is InChI=1S/C9H11NO5/c1-3(11)6-4-2-5(12)7(9(14)15)10(4)8(6)13/h3-4,6-7,11H,2H2,1H3,(H,14,15)/p-1/t3-,4-,6-,7?/m1/s1. The molecule has 15 heavy (non-hydrogen) atoms. The lowest BCUT2D eigenvalue weighted by Gasteiger charge is -2.46. The molecule has 0 bridgehead atoms. The fourth-order valence-corrected chi connectivity index (χ4v) is 2.38. The molecule has 0 aliphatic carbocycles. The Kier molecular flexibility index (Phi) is 2.04. The van der Waals surface area contributed by atoms with Crippen LogP contribution < -0.4 is 5.11 Å². The third kappa shape index (κ3) is 1.18. The van der Waals surface area contributed by atoms with Crippen LogP contribution in [0.1, 0.15) is 13.3 Å². The van der Waals surface area contributed by atoms with E-state index in [1.807, 2.05) is 0 Å². The summed E-state index contributed by atoms with van der Waals surface area (Å²) in [4.78, 5) is 34.4. The zero-order chi connectivity index (χ0) is 11.3. The Bertz CT molecular complexity index is 350. The molecule has 2 saturated heterocycles. The lowest BCUT2D eigenvalue weighted by atomic mass is 9.84. The summed E-state index contributed by atoms with van der Waals surface area (Å²) < 4.78 is 0. The number of aliphatic carboxylic acids is 1. The zero-order valence-electron chi connectivity index (χ0n) is 8.04. The molecule has 0 aromatic heterocycles. The summed E-state index contributed by atoms with van der Waals surface area (Å²) in [7, 11) is 0. The van der Waals surface area contributed by atoms with E-state index < -0.39 is 41.8 Å². The number of fused-ring (bicyclic) bond motifs is 1. The van der Waals surface area contributed by atoms with Crippen molar-refractivity contribution in [3.05, 3.63) is 0 Å². The highest BCUT2D eigenvalue weighted by molar-refractivity contribution is 6.10. The van der Waals surface area contributed by atoms with E-state index in [2.05, 4.69) is 0 Å². The predicted octanol–water partition coefficient (Wildman–Crippen LogP) is -2.71. The first-order chi connectivity index (χ1) is 6.95. The van der Waals surface area contributed by atoms with Gasteiger partial charge in [0.05, 0.1) is 24.0 Å². The molecule has 0 aromatic rings. The minimum atomic E-state index is -1.54. The van der Waals surface area contributed by atoms with Gasteiger partial charge in [-0.15, -0.1) is 0 Å². The van der Waals surface area contributed by atoms with E-state index in [0.717, 1.165) is 4.90 Å². The molecule has 4 atom stereocenters. The summed E-state index contributed by atoms with van der Waals surface area (Å²) in [5, 5.41) is 19.9. The van der Waals surface area contributed by atoms with Crippen molar-refractivity contribution in [1.29, 1.82) is 0 Å². The fourth-order valence-electron chi connectivity index (χ4n) is 2.38. The Morgan fingerprint density at radius 1 is 1.60 bits per heavy atom. The lowest BCUT2D eigenvalue weighted by Crippen LogP contribution is -2.66. The van der Waals surface area contributed by atoms with Crippen molar-refractivity contribution in [3.63, 3.8) is 0 Å². The quantitative estimate of drug-likeness (QED) is 0.396. The zero-order valence-corrected chi connectivity index (χ0v) is 8.04. The number of carbonyl (C=O) groups is 3. The third-order valence-electron chi connectivity index (χ3n) is 3.05. The number of aliphatic hydroxyl groups excluding tert-OH is 1. The van der Waals surface area contributed by atoms with Gasteiger partial charge in [0.2, 0.25) is 5.91 Å². The molecule has 0 spiro atoms. The number of carbonyl (C=O) groups excluding carboxylic acids is 3. The Balaban J connectivity index is 2.23. The maximum atomic E-state index is 11.5. The van der Waals surface area contributed by atoms with Crippen molar-refractivity contribution in [2.24, 2.45) is 5.92 Å². The SMILES string of the molecule is C[C@@H](O)[C@H]1C(=O)N2C(C(=O)[O-])C(=O)C[C@H]12. The Labute approximate surface area is 85.5 Å². The summed E-state index contributed by atoms with van der Waals surface area (Å²) in [5.74, 6) is -3.18. The number of aliphatic hydroxyl groups is 1. The lowest BCUT2D eigenvalue weighted by molar-refractivity contribution is -0.310. The normalized spacial score (nSPS) is 36.1. The predicted molar refractivity (Wildman–Crippen MR) is 44.2 cm³/mol. The molecule has 2 aliphatic rings. The van der Waals surface area contributed by atoms with Gasteiger partial charge in [0.25, 0.3) is 0 Å². The molecular formula is C9H10NO5-. The molecule has 1 unspecified atom stereocenters. The number of nitrogens with zero attached hydrogens (tertiary/aromatic N) is 1. The Morgan fingerprint density at radius 3 is 2.67 bits per heavy atom. The van der Waals surface area contributed by atoms with Gasteiger partial charge in [0.15, 0.2) is 5.78 Å². The fraction of sp³-hybridized carbons (Fsp3) is 0.667. The van der Waals surface area contributed by atoms with Crippen molar-refractivity contribution in [3.8, 4) is 0 Å².